The van der Waals surface area contributed by atoms with Crippen LogP contribution in [0.2, 0.25) is 0 Å². The first kappa shape index (κ1) is 42.7. The predicted molar refractivity (Wildman–Crippen MR) is 201 cm³/mol. The third-order valence-electron chi connectivity index (χ3n) is 8.44. The van der Waals surface area contributed by atoms with Gasteiger partial charge in [0, 0.05) is 8.95 Å². The van der Waals surface area contributed by atoms with E-state index in [0.29, 0.717) is 17.7 Å². The van der Waals surface area contributed by atoms with Crippen LogP contribution in [-0.2, 0) is 37.0 Å². The van der Waals surface area contributed by atoms with Crippen molar-refractivity contribution in [2.24, 2.45) is 0 Å². The molecule has 0 amide bonds. The van der Waals surface area contributed by atoms with E-state index >= 15 is 0 Å². The summed E-state index contributed by atoms with van der Waals surface area (Å²) >= 11 is 5.92. The zero-order valence-corrected chi connectivity index (χ0v) is 33.0. The van der Waals surface area contributed by atoms with Crippen molar-refractivity contribution in [2.75, 3.05) is 6.26 Å². The van der Waals surface area contributed by atoms with Crippen LogP contribution in [0.15, 0.2) is 93.9 Å². The third kappa shape index (κ3) is 15.3. The molecule has 0 spiro atoms. The average molecular weight is 891 g/mol. The van der Waals surface area contributed by atoms with Crippen LogP contribution in [0.5, 0.6) is 11.5 Å². The second kappa shape index (κ2) is 21.2. The lowest BCUT2D eigenvalue weighted by molar-refractivity contribution is -0.00779. The summed E-state index contributed by atoms with van der Waals surface area (Å²) in [4.78, 5) is 0. The predicted octanol–water partition coefficient (Wildman–Crippen LogP) is 10.6. The maximum Gasteiger partial charge on any atom is 0.264 e. The van der Waals surface area contributed by atoms with Gasteiger partial charge in [0.1, 0.15) is 0 Å². The van der Waals surface area contributed by atoms with Crippen LogP contribution in [-0.4, -0.2) is 44.2 Å². The Morgan fingerprint density at radius 1 is 0.604 bits per heavy atom. The van der Waals surface area contributed by atoms with Crippen LogP contribution in [0, 0.1) is 23.3 Å². The molecule has 2 saturated carbocycles. The lowest BCUT2D eigenvalue weighted by Gasteiger charge is -2.29. The lowest BCUT2D eigenvalue weighted by atomic mass is 9.95. The number of halogens is 6. The third-order valence-corrected chi connectivity index (χ3v) is 9.98. The molecule has 1 N–H and O–H groups in total. The van der Waals surface area contributed by atoms with Crippen LogP contribution >= 0.6 is 31.9 Å². The number of aromatic hydroxyl groups is 1. The fraction of sp³-hybridized carbons (Fsp3) is 0.385. The highest BCUT2D eigenvalue weighted by Gasteiger charge is 2.26. The Bertz CT molecular complexity index is 1780. The van der Waals surface area contributed by atoms with Crippen LogP contribution in [0.25, 0.3) is 0 Å². The van der Waals surface area contributed by atoms with E-state index in [0.717, 1.165) is 80.9 Å². The number of hydrogen-bond donors (Lipinski definition) is 1. The molecule has 6 rings (SSSR count). The van der Waals surface area contributed by atoms with Gasteiger partial charge in [-0.2, -0.15) is 8.42 Å². The van der Waals surface area contributed by atoms with E-state index in [1.807, 2.05) is 60.7 Å². The number of phenolic OH excluding ortho intramolecular Hbond substituents is 1. The van der Waals surface area contributed by atoms with Crippen molar-refractivity contribution in [3.8, 4) is 11.5 Å². The van der Waals surface area contributed by atoms with Gasteiger partial charge < -0.3 is 19.3 Å². The Labute approximate surface area is 325 Å². The van der Waals surface area contributed by atoms with Gasteiger partial charge in [0.05, 0.1) is 43.9 Å². The second-order valence-corrected chi connectivity index (χ2v) is 16.2. The highest BCUT2D eigenvalue weighted by molar-refractivity contribution is 9.10. The van der Waals surface area contributed by atoms with Crippen molar-refractivity contribution in [1.29, 1.82) is 0 Å². The van der Waals surface area contributed by atoms with Gasteiger partial charge in [-0.1, -0.05) is 92.5 Å². The molecule has 0 bridgehead atoms. The summed E-state index contributed by atoms with van der Waals surface area (Å²) in [6.45, 7) is 1.20. The standard InChI is InChI=1S/C19H19BrF2O2.C14H20O4S.C6H3BrF2O/c20-14-10-17(21)19(18(22)11-14)24-16-8-6-15(7-9-16)23-12-13-4-2-1-3-5-13;1-19(15,16)18-14-9-7-13(8-10-14)17-11-12-5-3-2-4-6-12;7-3-1-4(8)6(10)5(9)2-3/h1-5,10-11,15-16H,6-9,12H2;2-6,13-14H,7-11H2,1H3;1-2,10H. The number of phenols is 1. The molecule has 0 aromatic heterocycles. The van der Waals surface area contributed by atoms with E-state index in [1.54, 1.807) is 0 Å². The van der Waals surface area contributed by atoms with Crippen LogP contribution in [0.3, 0.4) is 0 Å². The zero-order chi connectivity index (χ0) is 38.4. The average Bonchev–Trinajstić information content (AvgIpc) is 3.12. The van der Waals surface area contributed by atoms with E-state index in [4.69, 9.17) is 23.5 Å². The van der Waals surface area contributed by atoms with Crippen molar-refractivity contribution in [2.45, 2.75) is 89.0 Å². The first-order valence-electron chi connectivity index (χ1n) is 17.1. The first-order chi connectivity index (χ1) is 25.3. The molecule has 0 radical (unpaired) electrons. The molecule has 0 unspecified atom stereocenters. The smallest absolute Gasteiger partial charge is 0.264 e. The summed E-state index contributed by atoms with van der Waals surface area (Å²) in [5, 5.41) is 8.56. The number of hydrogen-bond acceptors (Lipinski definition) is 7. The number of rotatable bonds is 10. The van der Waals surface area contributed by atoms with Gasteiger partial charge >= 0.3 is 0 Å². The molecule has 53 heavy (non-hydrogen) atoms. The van der Waals surface area contributed by atoms with E-state index < -0.39 is 39.1 Å². The summed E-state index contributed by atoms with van der Waals surface area (Å²) in [5.74, 6) is -4.51. The molecule has 0 saturated heterocycles. The molecule has 4 aromatic carbocycles. The fourth-order valence-corrected chi connectivity index (χ4v) is 7.27. The summed E-state index contributed by atoms with van der Waals surface area (Å²) in [6.07, 6.45) is 7.45. The Morgan fingerprint density at radius 3 is 1.36 bits per heavy atom. The molecule has 4 aromatic rings. The Balaban J connectivity index is 0.000000192. The van der Waals surface area contributed by atoms with Crippen molar-refractivity contribution in [1.82, 2.24) is 0 Å². The van der Waals surface area contributed by atoms with Crippen molar-refractivity contribution in [3.63, 3.8) is 0 Å². The Hall–Kier alpha value is -3.01. The lowest BCUT2D eigenvalue weighted by Crippen LogP contribution is -2.28. The normalized spacial score (nSPS) is 20.0. The summed E-state index contributed by atoms with van der Waals surface area (Å²) in [6, 6.07) is 24.5. The van der Waals surface area contributed by atoms with Gasteiger partial charge in [-0.15, -0.1) is 0 Å². The second-order valence-electron chi connectivity index (χ2n) is 12.7. The largest absolute Gasteiger partial charge is 0.503 e. The number of benzene rings is 4. The minimum atomic E-state index is -3.34. The van der Waals surface area contributed by atoms with Gasteiger partial charge in [0.15, 0.2) is 34.8 Å². The maximum atomic E-state index is 13.8. The molecule has 2 aliphatic carbocycles. The van der Waals surface area contributed by atoms with Crippen molar-refractivity contribution < 1.29 is 49.5 Å². The molecule has 14 heteroatoms. The van der Waals surface area contributed by atoms with Crippen LogP contribution < -0.4 is 4.74 Å². The summed E-state index contributed by atoms with van der Waals surface area (Å²) in [7, 11) is -3.34. The van der Waals surface area contributed by atoms with Crippen molar-refractivity contribution >= 4 is 42.0 Å². The Morgan fingerprint density at radius 2 is 0.962 bits per heavy atom. The van der Waals surface area contributed by atoms with Crippen molar-refractivity contribution in [3.05, 3.63) is 128 Å². The van der Waals surface area contributed by atoms with Gasteiger partial charge in [0.2, 0.25) is 0 Å². The molecule has 2 aliphatic rings. The highest BCUT2D eigenvalue weighted by atomic mass is 79.9. The van der Waals surface area contributed by atoms with Gasteiger partial charge in [-0.05, 0) is 86.8 Å². The molecule has 0 heterocycles. The maximum absolute atomic E-state index is 13.8. The molecule has 2 fully saturated rings. The Kier molecular flexibility index (Phi) is 17.1. The molecule has 288 valence electrons. The molecule has 0 aliphatic heterocycles. The van der Waals surface area contributed by atoms with E-state index in [2.05, 4.69) is 31.9 Å². The van der Waals surface area contributed by atoms with E-state index in [-0.39, 0.29) is 34.6 Å². The highest BCUT2D eigenvalue weighted by Crippen LogP contribution is 2.31. The van der Waals surface area contributed by atoms with E-state index in [1.165, 1.54) is 12.1 Å². The quantitative estimate of drug-likeness (QED) is 0.125. The van der Waals surface area contributed by atoms with E-state index in [9.17, 15) is 26.0 Å². The summed E-state index contributed by atoms with van der Waals surface area (Å²) in [5.41, 5.74) is 2.31. The van der Waals surface area contributed by atoms with Gasteiger partial charge in [-0.3, -0.25) is 4.18 Å². The monoisotopic (exact) mass is 888 g/mol. The molecular formula is C39H42Br2F4O7S. The SMILES string of the molecule is CS(=O)(=O)OC1CCC(OCc2ccccc2)CC1.Fc1cc(Br)cc(F)c1OC1CCC(OCc2ccccc2)CC1.Oc1c(F)cc(Br)cc1F. The zero-order valence-electron chi connectivity index (χ0n) is 29.0. The van der Waals surface area contributed by atoms with Crippen LogP contribution in [0.1, 0.15) is 62.5 Å². The topological polar surface area (TPSA) is 91.3 Å². The molecular weight excluding hydrogens is 848 g/mol. The minimum absolute atomic E-state index is 0.171. The molecule has 0 atom stereocenters. The van der Waals surface area contributed by atoms with Gasteiger partial charge in [0.25, 0.3) is 10.1 Å². The molecule has 7 nitrogen and oxygen atoms in total. The minimum Gasteiger partial charge on any atom is -0.503 e. The van der Waals surface area contributed by atoms with Crippen LogP contribution in [0.4, 0.5) is 17.6 Å². The fourth-order valence-electron chi connectivity index (χ4n) is 5.78. The number of ether oxygens (including phenoxy) is 3. The summed E-state index contributed by atoms with van der Waals surface area (Å²) < 4.78 is 97.3. The van der Waals surface area contributed by atoms with Gasteiger partial charge in [-0.25, -0.2) is 17.6 Å². The first-order valence-corrected chi connectivity index (χ1v) is 20.5.